The first-order chi connectivity index (χ1) is 8.22. The van der Waals surface area contributed by atoms with Gasteiger partial charge in [0, 0.05) is 33.3 Å². The number of nitrogens with zero attached hydrogens (tertiary/aromatic N) is 1. The Labute approximate surface area is 103 Å². The van der Waals surface area contributed by atoms with Crippen LogP contribution in [0.15, 0.2) is 0 Å². The molecule has 1 saturated heterocycles. The van der Waals surface area contributed by atoms with Crippen molar-refractivity contribution in [3.05, 3.63) is 0 Å². The first kappa shape index (κ1) is 14.4. The number of carbonyl (C=O) groups excluding carboxylic acids is 1. The number of hydrogen-bond acceptors (Lipinski definition) is 5. The molecule has 0 radical (unpaired) electrons. The Bertz CT molecular complexity index is 226. The fraction of sp³-hybridized carbons (Fsp3) is 0.909. The molecule has 0 aromatic heterocycles. The van der Waals surface area contributed by atoms with Crippen LogP contribution in [0.5, 0.6) is 0 Å². The lowest BCUT2D eigenvalue weighted by Gasteiger charge is -2.30. The molecule has 6 nitrogen and oxygen atoms in total. The molecule has 0 aromatic rings. The molecule has 1 unspecified atom stereocenters. The summed E-state index contributed by atoms with van der Waals surface area (Å²) in [4.78, 5) is 13.7. The Balaban J connectivity index is 2.02. The number of ether oxygens (including phenoxy) is 2. The fourth-order valence-electron chi connectivity index (χ4n) is 1.66. The molecule has 0 saturated carbocycles. The summed E-state index contributed by atoms with van der Waals surface area (Å²) in [5, 5.41) is 5.85. The van der Waals surface area contributed by atoms with Crippen molar-refractivity contribution < 1.29 is 14.3 Å². The van der Waals surface area contributed by atoms with Crippen molar-refractivity contribution in [2.75, 3.05) is 60.1 Å². The lowest BCUT2D eigenvalue weighted by Crippen LogP contribution is -2.47. The molecule has 1 atom stereocenters. The molecule has 100 valence electrons. The monoisotopic (exact) mass is 245 g/mol. The third-order valence-corrected chi connectivity index (χ3v) is 2.64. The second-order valence-corrected chi connectivity index (χ2v) is 4.23. The average molecular weight is 245 g/mol. The van der Waals surface area contributed by atoms with E-state index in [1.807, 2.05) is 0 Å². The normalized spacial score (nSPS) is 21.4. The van der Waals surface area contributed by atoms with E-state index in [0.29, 0.717) is 26.2 Å². The molecule has 1 rings (SSSR count). The highest BCUT2D eigenvalue weighted by molar-refractivity contribution is 5.77. The topological polar surface area (TPSA) is 62.8 Å². The summed E-state index contributed by atoms with van der Waals surface area (Å²) in [5.41, 5.74) is 0. The third kappa shape index (κ3) is 6.58. The molecule has 0 aliphatic carbocycles. The number of likely N-dealkylation sites (N-methyl/N-ethyl adjacent to an activating group) is 1. The van der Waals surface area contributed by atoms with E-state index >= 15 is 0 Å². The van der Waals surface area contributed by atoms with Gasteiger partial charge in [0.05, 0.1) is 25.9 Å². The number of amides is 1. The van der Waals surface area contributed by atoms with Gasteiger partial charge in [0.1, 0.15) is 0 Å². The maximum Gasteiger partial charge on any atom is 0.234 e. The molecular weight excluding hydrogens is 222 g/mol. The number of carbonyl (C=O) groups is 1. The summed E-state index contributed by atoms with van der Waals surface area (Å²) < 4.78 is 10.4. The van der Waals surface area contributed by atoms with Gasteiger partial charge < -0.3 is 25.0 Å². The van der Waals surface area contributed by atoms with Crippen LogP contribution in [0.4, 0.5) is 0 Å². The van der Waals surface area contributed by atoms with Crippen molar-refractivity contribution in [1.82, 2.24) is 15.5 Å². The zero-order valence-corrected chi connectivity index (χ0v) is 10.7. The van der Waals surface area contributed by atoms with Crippen LogP contribution < -0.4 is 10.6 Å². The van der Waals surface area contributed by atoms with E-state index in [1.165, 1.54) is 0 Å². The van der Waals surface area contributed by atoms with Crippen LogP contribution in [0.25, 0.3) is 0 Å². The minimum Gasteiger partial charge on any atom is -0.383 e. The second-order valence-electron chi connectivity index (χ2n) is 4.23. The third-order valence-electron chi connectivity index (χ3n) is 2.64. The number of hydrogen-bond donors (Lipinski definition) is 2. The molecule has 17 heavy (non-hydrogen) atoms. The molecule has 0 aromatic carbocycles. The van der Waals surface area contributed by atoms with Gasteiger partial charge in [-0.1, -0.05) is 0 Å². The van der Waals surface area contributed by atoms with Crippen LogP contribution in [0, 0.1) is 0 Å². The smallest absolute Gasteiger partial charge is 0.234 e. The Morgan fingerprint density at radius 1 is 1.59 bits per heavy atom. The zero-order valence-electron chi connectivity index (χ0n) is 10.7. The largest absolute Gasteiger partial charge is 0.383 e. The summed E-state index contributed by atoms with van der Waals surface area (Å²) in [6, 6.07) is 0. The van der Waals surface area contributed by atoms with E-state index in [9.17, 15) is 4.79 Å². The second kappa shape index (κ2) is 8.41. The van der Waals surface area contributed by atoms with E-state index in [2.05, 4.69) is 22.6 Å². The van der Waals surface area contributed by atoms with Crippen LogP contribution in [-0.2, 0) is 14.3 Å². The van der Waals surface area contributed by atoms with Crippen molar-refractivity contribution in [2.24, 2.45) is 0 Å². The first-order valence-corrected chi connectivity index (χ1v) is 5.99. The molecule has 1 fully saturated rings. The van der Waals surface area contributed by atoms with Gasteiger partial charge in [-0.05, 0) is 7.05 Å². The van der Waals surface area contributed by atoms with Crippen molar-refractivity contribution in [1.29, 1.82) is 0 Å². The van der Waals surface area contributed by atoms with Crippen LogP contribution in [0.3, 0.4) is 0 Å². The lowest BCUT2D eigenvalue weighted by molar-refractivity contribution is -0.121. The predicted molar refractivity (Wildman–Crippen MR) is 65.0 cm³/mol. The van der Waals surface area contributed by atoms with Gasteiger partial charge in [-0.2, -0.15) is 0 Å². The fourth-order valence-corrected chi connectivity index (χ4v) is 1.66. The summed E-state index contributed by atoms with van der Waals surface area (Å²) in [6.45, 7) is 4.78. The van der Waals surface area contributed by atoms with Gasteiger partial charge in [-0.3, -0.25) is 4.79 Å². The van der Waals surface area contributed by atoms with Gasteiger partial charge in [0.25, 0.3) is 0 Å². The SMILES string of the molecule is COCCNCC(=O)NCC1CN(C)CCO1. The highest BCUT2D eigenvalue weighted by atomic mass is 16.5. The molecular formula is C11H23N3O3. The summed E-state index contributed by atoms with van der Waals surface area (Å²) in [6.07, 6.45) is 0.108. The number of rotatable bonds is 7. The zero-order chi connectivity index (χ0) is 12.5. The number of nitrogens with one attached hydrogen (secondary N) is 2. The number of methoxy groups -OCH3 is 1. The molecule has 0 spiro atoms. The van der Waals surface area contributed by atoms with Crippen molar-refractivity contribution in [2.45, 2.75) is 6.10 Å². The van der Waals surface area contributed by atoms with Crippen LogP contribution in [0.1, 0.15) is 0 Å². The minimum absolute atomic E-state index is 0.00192. The van der Waals surface area contributed by atoms with Gasteiger partial charge in [0.15, 0.2) is 0 Å². The van der Waals surface area contributed by atoms with Crippen LogP contribution in [0.2, 0.25) is 0 Å². The molecule has 0 bridgehead atoms. The quantitative estimate of drug-likeness (QED) is 0.544. The van der Waals surface area contributed by atoms with Crippen molar-refractivity contribution >= 4 is 5.91 Å². The van der Waals surface area contributed by atoms with Crippen molar-refractivity contribution in [3.63, 3.8) is 0 Å². The Hall–Kier alpha value is -0.690. The van der Waals surface area contributed by atoms with Crippen LogP contribution in [-0.4, -0.2) is 77.0 Å². The minimum atomic E-state index is -0.00192. The van der Waals surface area contributed by atoms with E-state index < -0.39 is 0 Å². The predicted octanol–water partition coefficient (Wildman–Crippen LogP) is -1.33. The van der Waals surface area contributed by atoms with Gasteiger partial charge in [0.2, 0.25) is 5.91 Å². The van der Waals surface area contributed by atoms with E-state index in [-0.39, 0.29) is 12.0 Å². The maximum absolute atomic E-state index is 11.4. The average Bonchev–Trinajstić information content (AvgIpc) is 2.32. The lowest BCUT2D eigenvalue weighted by atomic mass is 10.3. The Morgan fingerprint density at radius 3 is 3.12 bits per heavy atom. The molecule has 1 heterocycles. The highest BCUT2D eigenvalue weighted by Crippen LogP contribution is 2.01. The summed E-state index contributed by atoms with van der Waals surface area (Å²) in [7, 11) is 3.70. The van der Waals surface area contributed by atoms with E-state index in [1.54, 1.807) is 7.11 Å². The van der Waals surface area contributed by atoms with Crippen molar-refractivity contribution in [3.8, 4) is 0 Å². The van der Waals surface area contributed by atoms with Crippen LogP contribution >= 0.6 is 0 Å². The maximum atomic E-state index is 11.4. The van der Waals surface area contributed by atoms with E-state index in [4.69, 9.17) is 9.47 Å². The van der Waals surface area contributed by atoms with Gasteiger partial charge >= 0.3 is 0 Å². The van der Waals surface area contributed by atoms with Gasteiger partial charge in [-0.25, -0.2) is 0 Å². The molecule has 1 amide bonds. The molecule has 1 aliphatic heterocycles. The standard InChI is InChI=1S/C11H23N3O3/c1-14-4-6-17-10(9-14)7-13-11(15)8-12-3-5-16-2/h10,12H,3-9H2,1-2H3,(H,13,15). The summed E-state index contributed by atoms with van der Waals surface area (Å²) in [5.74, 6) is -0.00192. The Kier molecular flexibility index (Phi) is 7.11. The Morgan fingerprint density at radius 2 is 2.41 bits per heavy atom. The van der Waals surface area contributed by atoms with E-state index in [0.717, 1.165) is 19.7 Å². The summed E-state index contributed by atoms with van der Waals surface area (Å²) >= 11 is 0. The highest BCUT2D eigenvalue weighted by Gasteiger charge is 2.17. The molecule has 1 aliphatic rings. The van der Waals surface area contributed by atoms with Gasteiger partial charge in [-0.15, -0.1) is 0 Å². The molecule has 2 N–H and O–H groups in total. The number of morpholine rings is 1. The first-order valence-electron chi connectivity index (χ1n) is 5.99. The molecule has 6 heteroatoms.